The molecule has 2 aliphatic heterocycles. The Bertz CT molecular complexity index is 212. The van der Waals surface area contributed by atoms with E-state index in [-0.39, 0.29) is 5.60 Å². The van der Waals surface area contributed by atoms with Crippen LogP contribution in [0.15, 0.2) is 12.7 Å². The van der Waals surface area contributed by atoms with Crippen LogP contribution >= 0.6 is 0 Å². The molecular weight excluding hydrogens is 190 g/mol. The van der Waals surface area contributed by atoms with Crippen molar-refractivity contribution in [2.45, 2.75) is 37.3 Å². The summed E-state index contributed by atoms with van der Waals surface area (Å²) < 4.78 is 11.3. The molecule has 0 bridgehead atoms. The molecule has 3 heteroatoms. The molecule has 0 radical (unpaired) electrons. The molecule has 2 atom stereocenters. The summed E-state index contributed by atoms with van der Waals surface area (Å²) in [7, 11) is 0. The molecule has 2 unspecified atom stereocenters. The highest BCUT2D eigenvalue weighted by atomic mass is 16.6. The second-order valence-corrected chi connectivity index (χ2v) is 4.56. The van der Waals surface area contributed by atoms with Crippen LogP contribution in [0.4, 0.5) is 0 Å². The lowest BCUT2D eigenvalue weighted by molar-refractivity contribution is -0.0891. The van der Waals surface area contributed by atoms with E-state index < -0.39 is 0 Å². The van der Waals surface area contributed by atoms with Gasteiger partial charge in [0.05, 0.1) is 12.2 Å². The van der Waals surface area contributed by atoms with Crippen molar-refractivity contribution < 1.29 is 9.47 Å². The quantitative estimate of drug-likeness (QED) is 0.564. The summed E-state index contributed by atoms with van der Waals surface area (Å²) in [6, 6.07) is 0.598. The zero-order valence-electron chi connectivity index (χ0n) is 9.34. The summed E-state index contributed by atoms with van der Waals surface area (Å²) in [5, 5.41) is 3.57. The van der Waals surface area contributed by atoms with Crippen LogP contribution in [0.2, 0.25) is 0 Å². The van der Waals surface area contributed by atoms with Gasteiger partial charge in [-0.2, -0.15) is 0 Å². The molecule has 86 valence electrons. The minimum absolute atomic E-state index is 0.0318. The van der Waals surface area contributed by atoms with Crippen molar-refractivity contribution in [3.05, 3.63) is 12.7 Å². The van der Waals surface area contributed by atoms with Gasteiger partial charge in [-0.3, -0.25) is 0 Å². The Kier molecular flexibility index (Phi) is 3.78. The summed E-state index contributed by atoms with van der Waals surface area (Å²) >= 11 is 0. The number of hydrogen-bond acceptors (Lipinski definition) is 3. The molecule has 2 fully saturated rings. The lowest BCUT2D eigenvalue weighted by atomic mass is 9.89. The van der Waals surface area contributed by atoms with Crippen LogP contribution in [0.5, 0.6) is 0 Å². The molecule has 1 N–H and O–H groups in total. The van der Waals surface area contributed by atoms with Gasteiger partial charge < -0.3 is 14.8 Å². The highest BCUT2D eigenvalue weighted by Crippen LogP contribution is 2.32. The van der Waals surface area contributed by atoms with E-state index in [9.17, 15) is 0 Å². The average molecular weight is 211 g/mol. The third-order valence-electron chi connectivity index (χ3n) is 3.34. The van der Waals surface area contributed by atoms with Gasteiger partial charge in [-0.1, -0.05) is 6.08 Å². The van der Waals surface area contributed by atoms with Crippen LogP contribution < -0.4 is 5.32 Å². The Hall–Kier alpha value is -0.380. The van der Waals surface area contributed by atoms with Gasteiger partial charge in [-0.25, -0.2) is 0 Å². The predicted octanol–water partition coefficient (Wildman–Crippen LogP) is 1.49. The fourth-order valence-corrected chi connectivity index (χ4v) is 2.45. The Morgan fingerprint density at radius 3 is 3.13 bits per heavy atom. The summed E-state index contributed by atoms with van der Waals surface area (Å²) in [5.41, 5.74) is 0.0318. The first kappa shape index (κ1) is 11.1. The van der Waals surface area contributed by atoms with E-state index in [0.29, 0.717) is 6.04 Å². The molecule has 2 rings (SSSR count). The fourth-order valence-electron chi connectivity index (χ4n) is 2.45. The van der Waals surface area contributed by atoms with Gasteiger partial charge in [-0.15, -0.1) is 6.58 Å². The van der Waals surface area contributed by atoms with Crippen LogP contribution in [-0.2, 0) is 9.47 Å². The fraction of sp³-hybridized carbons (Fsp3) is 0.833. The minimum Gasteiger partial charge on any atom is -0.378 e. The van der Waals surface area contributed by atoms with Gasteiger partial charge >= 0.3 is 0 Å². The Labute approximate surface area is 91.8 Å². The van der Waals surface area contributed by atoms with Crippen molar-refractivity contribution in [1.82, 2.24) is 5.32 Å². The highest BCUT2D eigenvalue weighted by molar-refractivity contribution is 4.92. The molecule has 0 aliphatic carbocycles. The maximum absolute atomic E-state index is 5.88. The SMILES string of the molecule is C=CCCNC1CCOC2(CCOC2)C1. The molecule has 0 aromatic heterocycles. The monoisotopic (exact) mass is 211 g/mol. The third kappa shape index (κ3) is 2.80. The van der Waals surface area contributed by atoms with Gasteiger partial charge in [0.2, 0.25) is 0 Å². The first-order valence-electron chi connectivity index (χ1n) is 5.91. The van der Waals surface area contributed by atoms with Crippen LogP contribution in [0.3, 0.4) is 0 Å². The van der Waals surface area contributed by atoms with Crippen LogP contribution in [0.1, 0.15) is 25.7 Å². The molecule has 15 heavy (non-hydrogen) atoms. The number of rotatable bonds is 4. The van der Waals surface area contributed by atoms with Crippen molar-refractivity contribution in [3.63, 3.8) is 0 Å². The first-order valence-corrected chi connectivity index (χ1v) is 5.91. The second kappa shape index (κ2) is 5.10. The van der Waals surface area contributed by atoms with E-state index in [4.69, 9.17) is 9.47 Å². The first-order chi connectivity index (χ1) is 7.35. The third-order valence-corrected chi connectivity index (χ3v) is 3.34. The Morgan fingerprint density at radius 1 is 1.47 bits per heavy atom. The second-order valence-electron chi connectivity index (χ2n) is 4.56. The van der Waals surface area contributed by atoms with Gasteiger partial charge in [0.15, 0.2) is 0 Å². The molecular formula is C12H21NO2. The van der Waals surface area contributed by atoms with Crippen LogP contribution in [0, 0.1) is 0 Å². The summed E-state index contributed by atoms with van der Waals surface area (Å²) in [5.74, 6) is 0. The lowest BCUT2D eigenvalue weighted by Gasteiger charge is -2.37. The van der Waals surface area contributed by atoms with E-state index in [1.165, 1.54) is 0 Å². The van der Waals surface area contributed by atoms with Crippen molar-refractivity contribution in [3.8, 4) is 0 Å². The topological polar surface area (TPSA) is 30.5 Å². The van der Waals surface area contributed by atoms with E-state index in [1.54, 1.807) is 0 Å². The highest BCUT2D eigenvalue weighted by Gasteiger charge is 2.40. The molecule has 0 saturated carbocycles. The van der Waals surface area contributed by atoms with Crippen LogP contribution in [-0.4, -0.2) is 38.0 Å². The predicted molar refractivity (Wildman–Crippen MR) is 60.0 cm³/mol. The smallest absolute Gasteiger partial charge is 0.0951 e. The maximum Gasteiger partial charge on any atom is 0.0951 e. The Morgan fingerprint density at radius 2 is 2.40 bits per heavy atom. The van der Waals surface area contributed by atoms with Crippen molar-refractivity contribution in [1.29, 1.82) is 0 Å². The average Bonchev–Trinajstić information content (AvgIpc) is 2.67. The van der Waals surface area contributed by atoms with E-state index in [2.05, 4.69) is 11.9 Å². The van der Waals surface area contributed by atoms with Gasteiger partial charge in [0.25, 0.3) is 0 Å². The molecule has 1 spiro atoms. The summed E-state index contributed by atoms with van der Waals surface area (Å²) in [6.45, 7) is 7.28. The molecule has 0 aromatic rings. The zero-order valence-corrected chi connectivity index (χ0v) is 9.34. The number of ether oxygens (including phenoxy) is 2. The molecule has 2 saturated heterocycles. The lowest BCUT2D eigenvalue weighted by Crippen LogP contribution is -2.47. The van der Waals surface area contributed by atoms with Gasteiger partial charge in [0, 0.05) is 25.7 Å². The maximum atomic E-state index is 5.88. The largest absolute Gasteiger partial charge is 0.378 e. The van der Waals surface area contributed by atoms with Crippen molar-refractivity contribution in [2.24, 2.45) is 0 Å². The minimum atomic E-state index is 0.0318. The molecule has 3 nitrogen and oxygen atoms in total. The molecule has 2 heterocycles. The van der Waals surface area contributed by atoms with E-state index in [1.807, 2.05) is 6.08 Å². The van der Waals surface area contributed by atoms with E-state index >= 15 is 0 Å². The molecule has 0 aromatic carbocycles. The number of hydrogen-bond donors (Lipinski definition) is 1. The molecule has 0 amide bonds. The number of nitrogens with one attached hydrogen (secondary N) is 1. The van der Waals surface area contributed by atoms with Crippen molar-refractivity contribution >= 4 is 0 Å². The summed E-state index contributed by atoms with van der Waals surface area (Å²) in [4.78, 5) is 0. The van der Waals surface area contributed by atoms with Gasteiger partial charge in [0.1, 0.15) is 0 Å². The van der Waals surface area contributed by atoms with E-state index in [0.717, 1.165) is 52.0 Å². The summed E-state index contributed by atoms with van der Waals surface area (Å²) in [6.07, 6.45) is 6.29. The zero-order chi connectivity index (χ0) is 10.6. The standard InChI is InChI=1S/C12H21NO2/c1-2-3-6-13-11-4-7-15-12(9-11)5-8-14-10-12/h2,11,13H,1,3-10H2. The Balaban J connectivity index is 1.78. The van der Waals surface area contributed by atoms with Crippen LogP contribution in [0.25, 0.3) is 0 Å². The van der Waals surface area contributed by atoms with Gasteiger partial charge in [-0.05, 0) is 25.8 Å². The normalized spacial score (nSPS) is 35.9. The molecule has 2 aliphatic rings. The van der Waals surface area contributed by atoms with Crippen molar-refractivity contribution in [2.75, 3.05) is 26.4 Å².